The number of nitrogens with one attached hydrogen (secondary N) is 3. The minimum absolute atomic E-state index is 0.0677. The van der Waals surface area contributed by atoms with Gasteiger partial charge < -0.3 is 20.7 Å². The summed E-state index contributed by atoms with van der Waals surface area (Å²) in [7, 11) is 0. The van der Waals surface area contributed by atoms with Crippen LogP contribution >= 0.6 is 0 Å². The highest BCUT2D eigenvalue weighted by Gasteiger charge is 2.19. The molecular weight excluding hydrogens is 206 g/mol. The predicted octanol–water partition coefficient (Wildman–Crippen LogP) is 0.217. The minimum atomic E-state index is -0.0677. The molecule has 0 radical (unpaired) electrons. The first kappa shape index (κ1) is 11.7. The van der Waals surface area contributed by atoms with E-state index in [2.05, 4.69) is 16.0 Å². The Morgan fingerprint density at radius 3 is 2.75 bits per heavy atom. The van der Waals surface area contributed by atoms with Gasteiger partial charge in [-0.05, 0) is 32.2 Å². The molecule has 0 spiro atoms. The number of carbonyl (C=O) groups excluding carboxylic acids is 1. The van der Waals surface area contributed by atoms with E-state index in [1.807, 2.05) is 0 Å². The van der Waals surface area contributed by atoms with E-state index in [1.165, 1.54) is 12.8 Å². The topological polar surface area (TPSA) is 62.4 Å². The summed E-state index contributed by atoms with van der Waals surface area (Å²) in [5, 5.41) is 9.17. The number of rotatable bonds is 6. The van der Waals surface area contributed by atoms with Gasteiger partial charge in [-0.2, -0.15) is 0 Å². The fourth-order valence-corrected chi connectivity index (χ4v) is 1.77. The van der Waals surface area contributed by atoms with E-state index in [4.69, 9.17) is 4.74 Å². The second-order valence-corrected chi connectivity index (χ2v) is 4.54. The van der Waals surface area contributed by atoms with Gasteiger partial charge in [-0.3, -0.25) is 0 Å². The van der Waals surface area contributed by atoms with Gasteiger partial charge in [-0.1, -0.05) is 0 Å². The van der Waals surface area contributed by atoms with Crippen LogP contribution in [0.5, 0.6) is 0 Å². The van der Waals surface area contributed by atoms with Crippen molar-refractivity contribution in [2.45, 2.75) is 37.8 Å². The molecule has 5 nitrogen and oxygen atoms in total. The van der Waals surface area contributed by atoms with Gasteiger partial charge in [-0.25, -0.2) is 4.79 Å². The third-order valence-electron chi connectivity index (χ3n) is 2.91. The summed E-state index contributed by atoms with van der Waals surface area (Å²) < 4.78 is 5.18. The molecule has 2 amide bonds. The summed E-state index contributed by atoms with van der Waals surface area (Å²) in [4.78, 5) is 11.4. The lowest BCUT2D eigenvalue weighted by atomic mass is 10.3. The first-order chi connectivity index (χ1) is 7.84. The molecule has 2 fully saturated rings. The standard InChI is InChI=1S/C11H21N3O2/c15-11(14-10-4-7-16-8-10)13-6-1-5-12-9-2-3-9/h9-10,12H,1-8H2,(H2,13,14,15). The molecule has 0 aromatic rings. The lowest BCUT2D eigenvalue weighted by Crippen LogP contribution is -2.43. The van der Waals surface area contributed by atoms with Crippen molar-refractivity contribution in [1.29, 1.82) is 0 Å². The maximum absolute atomic E-state index is 11.4. The van der Waals surface area contributed by atoms with Crippen LogP contribution in [0.1, 0.15) is 25.7 Å². The predicted molar refractivity (Wildman–Crippen MR) is 61.4 cm³/mol. The van der Waals surface area contributed by atoms with Crippen LogP contribution in [0.2, 0.25) is 0 Å². The molecule has 1 saturated carbocycles. The van der Waals surface area contributed by atoms with Gasteiger partial charge in [-0.15, -0.1) is 0 Å². The molecule has 3 N–H and O–H groups in total. The normalized spacial score (nSPS) is 24.4. The van der Waals surface area contributed by atoms with E-state index in [-0.39, 0.29) is 12.1 Å². The molecule has 16 heavy (non-hydrogen) atoms. The lowest BCUT2D eigenvalue weighted by molar-refractivity contribution is 0.188. The van der Waals surface area contributed by atoms with Gasteiger partial charge in [0, 0.05) is 19.2 Å². The zero-order valence-electron chi connectivity index (χ0n) is 9.63. The van der Waals surface area contributed by atoms with Crippen LogP contribution in [-0.2, 0) is 4.74 Å². The Morgan fingerprint density at radius 1 is 1.19 bits per heavy atom. The quantitative estimate of drug-likeness (QED) is 0.569. The Labute approximate surface area is 96.3 Å². The Kier molecular flexibility index (Phi) is 4.42. The summed E-state index contributed by atoms with van der Waals surface area (Å²) >= 11 is 0. The van der Waals surface area contributed by atoms with Crippen molar-refractivity contribution in [2.24, 2.45) is 0 Å². The fraction of sp³-hybridized carbons (Fsp3) is 0.909. The average Bonchev–Trinajstić information content (AvgIpc) is 2.95. The molecule has 1 heterocycles. The van der Waals surface area contributed by atoms with E-state index in [9.17, 15) is 4.79 Å². The Hall–Kier alpha value is -0.810. The molecular formula is C11H21N3O2. The van der Waals surface area contributed by atoms with Crippen molar-refractivity contribution in [3.8, 4) is 0 Å². The average molecular weight is 227 g/mol. The van der Waals surface area contributed by atoms with Crippen LogP contribution in [0.4, 0.5) is 4.79 Å². The molecule has 0 aromatic heterocycles. The summed E-state index contributed by atoms with van der Waals surface area (Å²) in [6.07, 6.45) is 4.55. The van der Waals surface area contributed by atoms with Gasteiger partial charge in [0.1, 0.15) is 0 Å². The van der Waals surface area contributed by atoms with Crippen molar-refractivity contribution in [1.82, 2.24) is 16.0 Å². The van der Waals surface area contributed by atoms with Crippen LogP contribution in [0, 0.1) is 0 Å². The summed E-state index contributed by atoms with van der Waals surface area (Å²) in [5.74, 6) is 0. The number of carbonyl (C=O) groups is 1. The number of ether oxygens (including phenoxy) is 1. The molecule has 0 aromatic carbocycles. The van der Waals surface area contributed by atoms with Crippen LogP contribution in [-0.4, -0.2) is 44.4 Å². The second-order valence-electron chi connectivity index (χ2n) is 4.54. The number of amides is 2. The summed E-state index contributed by atoms with van der Waals surface area (Å²) in [6, 6.07) is 0.885. The maximum Gasteiger partial charge on any atom is 0.315 e. The highest BCUT2D eigenvalue weighted by molar-refractivity contribution is 5.74. The van der Waals surface area contributed by atoms with Gasteiger partial charge >= 0.3 is 6.03 Å². The molecule has 1 unspecified atom stereocenters. The molecule has 1 aliphatic carbocycles. The lowest BCUT2D eigenvalue weighted by Gasteiger charge is -2.11. The highest BCUT2D eigenvalue weighted by Crippen LogP contribution is 2.18. The van der Waals surface area contributed by atoms with E-state index < -0.39 is 0 Å². The molecule has 1 atom stereocenters. The Morgan fingerprint density at radius 2 is 2.06 bits per heavy atom. The van der Waals surface area contributed by atoms with Gasteiger partial charge in [0.25, 0.3) is 0 Å². The first-order valence-electron chi connectivity index (χ1n) is 6.20. The Bertz CT molecular complexity index is 225. The van der Waals surface area contributed by atoms with E-state index >= 15 is 0 Å². The number of urea groups is 1. The maximum atomic E-state index is 11.4. The van der Waals surface area contributed by atoms with Crippen LogP contribution < -0.4 is 16.0 Å². The third kappa shape index (κ3) is 4.37. The third-order valence-corrected chi connectivity index (χ3v) is 2.91. The molecule has 2 rings (SSSR count). The van der Waals surface area contributed by atoms with Gasteiger partial charge in [0.15, 0.2) is 0 Å². The van der Waals surface area contributed by atoms with E-state index in [0.717, 1.165) is 38.6 Å². The zero-order chi connectivity index (χ0) is 11.2. The number of hydrogen-bond donors (Lipinski definition) is 3. The van der Waals surface area contributed by atoms with Gasteiger partial charge in [0.2, 0.25) is 0 Å². The summed E-state index contributed by atoms with van der Waals surface area (Å²) in [6.45, 7) is 3.14. The second kappa shape index (κ2) is 6.06. The molecule has 1 saturated heterocycles. The zero-order valence-corrected chi connectivity index (χ0v) is 9.63. The SMILES string of the molecule is O=C(NCCCNC1CC1)NC1CCOC1. The van der Waals surface area contributed by atoms with Crippen molar-refractivity contribution in [3.05, 3.63) is 0 Å². The number of hydrogen-bond acceptors (Lipinski definition) is 3. The monoisotopic (exact) mass is 227 g/mol. The minimum Gasteiger partial charge on any atom is -0.379 e. The molecule has 1 aliphatic heterocycles. The van der Waals surface area contributed by atoms with Crippen molar-refractivity contribution in [3.63, 3.8) is 0 Å². The van der Waals surface area contributed by atoms with Crippen molar-refractivity contribution >= 4 is 6.03 Å². The Balaban J connectivity index is 1.43. The first-order valence-corrected chi connectivity index (χ1v) is 6.20. The molecule has 5 heteroatoms. The summed E-state index contributed by atoms with van der Waals surface area (Å²) in [5.41, 5.74) is 0. The van der Waals surface area contributed by atoms with Crippen LogP contribution in [0.25, 0.3) is 0 Å². The molecule has 92 valence electrons. The van der Waals surface area contributed by atoms with Crippen molar-refractivity contribution < 1.29 is 9.53 Å². The van der Waals surface area contributed by atoms with Crippen molar-refractivity contribution in [2.75, 3.05) is 26.3 Å². The van der Waals surface area contributed by atoms with Gasteiger partial charge in [0.05, 0.1) is 12.6 Å². The largest absolute Gasteiger partial charge is 0.379 e. The molecule has 2 aliphatic rings. The smallest absolute Gasteiger partial charge is 0.315 e. The van der Waals surface area contributed by atoms with E-state index in [1.54, 1.807) is 0 Å². The highest BCUT2D eigenvalue weighted by atomic mass is 16.5. The fourth-order valence-electron chi connectivity index (χ4n) is 1.77. The van der Waals surface area contributed by atoms with Crippen LogP contribution in [0.15, 0.2) is 0 Å². The van der Waals surface area contributed by atoms with Crippen LogP contribution in [0.3, 0.4) is 0 Å². The molecule has 0 bridgehead atoms. The van der Waals surface area contributed by atoms with E-state index in [0.29, 0.717) is 6.61 Å².